The molecule has 124 valence electrons. The molecule has 0 atom stereocenters. The molecule has 1 N–H and O–H groups in total. The summed E-state index contributed by atoms with van der Waals surface area (Å²) < 4.78 is 15.7. The minimum Gasteiger partial charge on any atom is -0.493 e. The zero-order chi connectivity index (χ0) is 16.9. The molecule has 2 heterocycles. The average molecular weight is 344 g/mol. The van der Waals surface area contributed by atoms with E-state index in [1.165, 1.54) is 11.3 Å². The van der Waals surface area contributed by atoms with Gasteiger partial charge in [-0.1, -0.05) is 0 Å². The fourth-order valence-electron chi connectivity index (χ4n) is 2.15. The lowest BCUT2D eigenvalue weighted by molar-refractivity contribution is 0.0944. The Hall–Kier alpha value is -2.80. The molecule has 3 rings (SSSR count). The zero-order valence-corrected chi connectivity index (χ0v) is 14.1. The number of methoxy groups -OCH3 is 2. The molecule has 7 heteroatoms. The third-order valence-electron chi connectivity index (χ3n) is 3.37. The monoisotopic (exact) mass is 344 g/mol. The maximum Gasteiger partial charge on any atom is 0.271 e. The Morgan fingerprint density at radius 2 is 2.08 bits per heavy atom. The van der Waals surface area contributed by atoms with Crippen LogP contribution in [-0.2, 0) is 6.54 Å². The second-order valence-electron chi connectivity index (χ2n) is 4.87. The van der Waals surface area contributed by atoms with Gasteiger partial charge in [-0.2, -0.15) is 0 Å². The Bertz CT molecular complexity index is 827. The quantitative estimate of drug-likeness (QED) is 0.742. The van der Waals surface area contributed by atoms with E-state index in [4.69, 9.17) is 13.9 Å². The second-order valence-corrected chi connectivity index (χ2v) is 5.73. The van der Waals surface area contributed by atoms with Gasteiger partial charge in [-0.05, 0) is 30.3 Å². The van der Waals surface area contributed by atoms with Crippen molar-refractivity contribution >= 4 is 17.2 Å². The first-order chi connectivity index (χ1) is 11.7. The number of hydrogen-bond donors (Lipinski definition) is 1. The van der Waals surface area contributed by atoms with E-state index in [1.54, 1.807) is 38.0 Å². The van der Waals surface area contributed by atoms with Crippen molar-refractivity contribution in [3.8, 4) is 22.1 Å². The maximum absolute atomic E-state index is 12.2. The standard InChI is InChI=1S/C17H16N2O4S/c1-21-14-6-5-11(8-15(14)22-2)17-19-13(10-24-17)16(20)18-9-12-4-3-7-23-12/h3-8,10H,9H2,1-2H3,(H,18,20). The Morgan fingerprint density at radius 1 is 1.25 bits per heavy atom. The Balaban J connectivity index is 1.74. The highest BCUT2D eigenvalue weighted by molar-refractivity contribution is 7.13. The lowest BCUT2D eigenvalue weighted by Gasteiger charge is -2.08. The minimum atomic E-state index is -0.241. The predicted octanol–water partition coefficient (Wildman–Crippen LogP) is 3.35. The van der Waals surface area contributed by atoms with Crippen LogP contribution in [0.3, 0.4) is 0 Å². The van der Waals surface area contributed by atoms with Crippen molar-refractivity contribution in [3.05, 3.63) is 53.4 Å². The molecule has 0 unspecified atom stereocenters. The largest absolute Gasteiger partial charge is 0.493 e. The Labute approximate surface area is 143 Å². The van der Waals surface area contributed by atoms with E-state index in [2.05, 4.69) is 10.3 Å². The van der Waals surface area contributed by atoms with Crippen LogP contribution in [0, 0.1) is 0 Å². The van der Waals surface area contributed by atoms with E-state index in [0.29, 0.717) is 29.5 Å². The van der Waals surface area contributed by atoms with Gasteiger partial charge < -0.3 is 19.2 Å². The van der Waals surface area contributed by atoms with Crippen molar-refractivity contribution < 1.29 is 18.7 Å². The number of benzene rings is 1. The van der Waals surface area contributed by atoms with Gasteiger partial charge in [-0.3, -0.25) is 4.79 Å². The number of nitrogens with one attached hydrogen (secondary N) is 1. The molecule has 0 aliphatic heterocycles. The van der Waals surface area contributed by atoms with Gasteiger partial charge in [0, 0.05) is 10.9 Å². The van der Waals surface area contributed by atoms with Crippen LogP contribution >= 0.6 is 11.3 Å². The molecule has 0 saturated heterocycles. The van der Waals surface area contributed by atoms with Gasteiger partial charge in [0.1, 0.15) is 16.5 Å². The van der Waals surface area contributed by atoms with Crippen molar-refractivity contribution in [3.63, 3.8) is 0 Å². The normalized spacial score (nSPS) is 10.4. The molecule has 0 radical (unpaired) electrons. The van der Waals surface area contributed by atoms with Crippen molar-refractivity contribution in [1.82, 2.24) is 10.3 Å². The van der Waals surface area contributed by atoms with E-state index in [1.807, 2.05) is 18.2 Å². The van der Waals surface area contributed by atoms with Crippen LogP contribution in [0.25, 0.3) is 10.6 Å². The summed E-state index contributed by atoms with van der Waals surface area (Å²) in [6.07, 6.45) is 1.57. The molecule has 0 aliphatic carbocycles. The zero-order valence-electron chi connectivity index (χ0n) is 13.2. The second kappa shape index (κ2) is 7.18. The molecule has 0 bridgehead atoms. The number of ether oxygens (including phenoxy) is 2. The first-order valence-corrected chi connectivity index (χ1v) is 8.07. The summed E-state index contributed by atoms with van der Waals surface area (Å²) in [6.45, 7) is 0.328. The van der Waals surface area contributed by atoms with E-state index < -0.39 is 0 Å². The summed E-state index contributed by atoms with van der Waals surface area (Å²) in [4.78, 5) is 16.5. The average Bonchev–Trinajstić information content (AvgIpc) is 3.30. The van der Waals surface area contributed by atoms with Gasteiger partial charge in [0.2, 0.25) is 0 Å². The first kappa shape index (κ1) is 16.1. The van der Waals surface area contributed by atoms with Gasteiger partial charge in [-0.25, -0.2) is 4.98 Å². The summed E-state index contributed by atoms with van der Waals surface area (Å²) in [5.41, 5.74) is 1.24. The van der Waals surface area contributed by atoms with Crippen LogP contribution in [0.2, 0.25) is 0 Å². The molecular formula is C17H16N2O4S. The molecule has 3 aromatic rings. The summed E-state index contributed by atoms with van der Waals surface area (Å²) in [7, 11) is 3.17. The van der Waals surface area contributed by atoms with Crippen LogP contribution in [0.1, 0.15) is 16.2 Å². The van der Waals surface area contributed by atoms with Gasteiger partial charge >= 0.3 is 0 Å². The number of thiazole rings is 1. The third kappa shape index (κ3) is 3.41. The molecule has 1 aromatic carbocycles. The van der Waals surface area contributed by atoms with E-state index in [0.717, 1.165) is 10.6 Å². The summed E-state index contributed by atoms with van der Waals surface area (Å²) in [5, 5.41) is 5.23. The number of rotatable bonds is 6. The van der Waals surface area contributed by atoms with Gasteiger partial charge in [-0.15, -0.1) is 11.3 Å². The fraction of sp³-hybridized carbons (Fsp3) is 0.176. The molecule has 0 aliphatic rings. The number of hydrogen-bond acceptors (Lipinski definition) is 6. The number of carbonyl (C=O) groups is 1. The van der Waals surface area contributed by atoms with Crippen molar-refractivity contribution in [2.45, 2.75) is 6.54 Å². The SMILES string of the molecule is COc1ccc(-c2nc(C(=O)NCc3ccco3)cs2)cc1OC. The molecule has 2 aromatic heterocycles. The number of aromatic nitrogens is 1. The summed E-state index contributed by atoms with van der Waals surface area (Å²) in [5.74, 6) is 1.72. The van der Waals surface area contributed by atoms with Crippen LogP contribution in [0.5, 0.6) is 11.5 Å². The van der Waals surface area contributed by atoms with E-state index in [9.17, 15) is 4.79 Å². The molecule has 0 fully saturated rings. The van der Waals surface area contributed by atoms with Gasteiger partial charge in [0.15, 0.2) is 11.5 Å². The Morgan fingerprint density at radius 3 is 2.79 bits per heavy atom. The molecular weight excluding hydrogens is 328 g/mol. The van der Waals surface area contributed by atoms with Crippen LogP contribution < -0.4 is 14.8 Å². The van der Waals surface area contributed by atoms with Gasteiger partial charge in [0.05, 0.1) is 27.0 Å². The summed E-state index contributed by atoms with van der Waals surface area (Å²) in [6, 6.07) is 9.11. The lowest BCUT2D eigenvalue weighted by atomic mass is 10.2. The maximum atomic E-state index is 12.2. The highest BCUT2D eigenvalue weighted by Gasteiger charge is 2.14. The smallest absolute Gasteiger partial charge is 0.271 e. The van der Waals surface area contributed by atoms with Crippen molar-refractivity contribution in [2.75, 3.05) is 14.2 Å². The number of furan rings is 1. The number of nitrogens with zero attached hydrogens (tertiary/aromatic N) is 1. The highest BCUT2D eigenvalue weighted by atomic mass is 32.1. The molecule has 6 nitrogen and oxygen atoms in total. The predicted molar refractivity (Wildman–Crippen MR) is 90.5 cm³/mol. The van der Waals surface area contributed by atoms with Crippen molar-refractivity contribution in [2.24, 2.45) is 0 Å². The Kier molecular flexibility index (Phi) is 4.81. The number of carbonyl (C=O) groups excluding carboxylic acids is 1. The summed E-state index contributed by atoms with van der Waals surface area (Å²) >= 11 is 1.40. The van der Waals surface area contributed by atoms with Gasteiger partial charge in [0.25, 0.3) is 5.91 Å². The first-order valence-electron chi connectivity index (χ1n) is 7.19. The molecule has 24 heavy (non-hydrogen) atoms. The minimum absolute atomic E-state index is 0.241. The van der Waals surface area contributed by atoms with Crippen LogP contribution in [0.15, 0.2) is 46.4 Å². The molecule has 1 amide bonds. The highest BCUT2D eigenvalue weighted by Crippen LogP contribution is 2.33. The van der Waals surface area contributed by atoms with Crippen LogP contribution in [0.4, 0.5) is 0 Å². The molecule has 0 spiro atoms. The van der Waals surface area contributed by atoms with Crippen molar-refractivity contribution in [1.29, 1.82) is 0 Å². The molecule has 0 saturated carbocycles. The van der Waals surface area contributed by atoms with E-state index >= 15 is 0 Å². The topological polar surface area (TPSA) is 73.6 Å². The van der Waals surface area contributed by atoms with Crippen LogP contribution in [-0.4, -0.2) is 25.1 Å². The fourth-order valence-corrected chi connectivity index (χ4v) is 2.95. The van der Waals surface area contributed by atoms with E-state index in [-0.39, 0.29) is 5.91 Å². The number of amides is 1. The lowest BCUT2D eigenvalue weighted by Crippen LogP contribution is -2.22. The third-order valence-corrected chi connectivity index (χ3v) is 4.26.